The third-order valence-corrected chi connectivity index (χ3v) is 6.73. The first-order chi connectivity index (χ1) is 17.4. The largest absolute Gasteiger partial charge is 0.493 e. The molecule has 0 fully saturated rings. The summed E-state index contributed by atoms with van der Waals surface area (Å²) in [6.45, 7) is 2.14. The third-order valence-electron chi connectivity index (χ3n) is 6.48. The van der Waals surface area contributed by atoms with Crippen LogP contribution >= 0.6 is 11.6 Å². The molecule has 1 atom stereocenters. The van der Waals surface area contributed by atoms with E-state index in [2.05, 4.69) is 5.32 Å². The van der Waals surface area contributed by atoms with Crippen LogP contribution in [0.1, 0.15) is 39.9 Å². The molecule has 2 aliphatic rings. The lowest BCUT2D eigenvalue weighted by Crippen LogP contribution is -2.29. The Morgan fingerprint density at radius 3 is 2.39 bits per heavy atom. The summed E-state index contributed by atoms with van der Waals surface area (Å²) in [5, 5.41) is 3.94. The van der Waals surface area contributed by atoms with Crippen molar-refractivity contribution in [2.45, 2.75) is 19.4 Å². The summed E-state index contributed by atoms with van der Waals surface area (Å²) in [6.07, 6.45) is 0. The van der Waals surface area contributed by atoms with E-state index in [1.807, 2.05) is 61.5 Å². The standard InChI is InChI=1S/C29H24ClNO5/c1-16-24(29(33)35-3)25(26-27(31-16)20-6-4-5-7-21(20)28(26)32)18-10-13-22(23(14-18)34-2)36-15-17-8-11-19(30)12-9-17/h4-14,25,31H,15H2,1-3H3/t25-/m0/s1. The van der Waals surface area contributed by atoms with E-state index in [1.165, 1.54) is 7.11 Å². The number of allylic oxidation sites excluding steroid dienone is 2. The summed E-state index contributed by atoms with van der Waals surface area (Å²) in [4.78, 5) is 26.5. The Balaban J connectivity index is 1.56. The van der Waals surface area contributed by atoms with Crippen LogP contribution in [0, 0.1) is 0 Å². The van der Waals surface area contributed by atoms with Crippen molar-refractivity contribution in [2.75, 3.05) is 14.2 Å². The SMILES string of the molecule is COC(=O)C1=C(C)NC2=C(C(=O)c3ccccc32)[C@H]1c1ccc(OCc2ccc(Cl)cc2)c(OC)c1. The molecule has 0 bridgehead atoms. The smallest absolute Gasteiger partial charge is 0.336 e. The number of carbonyl (C=O) groups excluding carboxylic acids is 2. The molecule has 7 heteroatoms. The summed E-state index contributed by atoms with van der Waals surface area (Å²) in [7, 11) is 2.89. The van der Waals surface area contributed by atoms with Gasteiger partial charge < -0.3 is 19.5 Å². The van der Waals surface area contributed by atoms with Crippen LogP contribution in [0.3, 0.4) is 0 Å². The van der Waals surface area contributed by atoms with E-state index in [9.17, 15) is 9.59 Å². The number of benzene rings is 3. The second kappa shape index (κ2) is 9.55. The normalized spacial score (nSPS) is 16.3. The van der Waals surface area contributed by atoms with E-state index in [0.29, 0.717) is 51.2 Å². The van der Waals surface area contributed by atoms with Gasteiger partial charge >= 0.3 is 5.97 Å². The number of nitrogens with one attached hydrogen (secondary N) is 1. The number of ether oxygens (including phenoxy) is 3. The maximum absolute atomic E-state index is 13.5. The maximum atomic E-state index is 13.5. The number of rotatable bonds is 6. The number of hydrogen-bond donors (Lipinski definition) is 1. The summed E-state index contributed by atoms with van der Waals surface area (Å²) < 4.78 is 16.8. The predicted molar refractivity (Wildman–Crippen MR) is 137 cm³/mol. The quantitative estimate of drug-likeness (QED) is 0.439. The number of carbonyl (C=O) groups is 2. The lowest BCUT2D eigenvalue weighted by atomic mass is 9.79. The van der Waals surface area contributed by atoms with Gasteiger partial charge in [0.2, 0.25) is 0 Å². The summed E-state index contributed by atoms with van der Waals surface area (Å²) >= 11 is 5.97. The molecule has 3 aromatic rings. The maximum Gasteiger partial charge on any atom is 0.336 e. The molecule has 1 heterocycles. The Kier molecular flexibility index (Phi) is 6.29. The molecular weight excluding hydrogens is 478 g/mol. The molecule has 0 saturated carbocycles. The van der Waals surface area contributed by atoms with Gasteiger partial charge in [0.15, 0.2) is 17.3 Å². The average Bonchev–Trinajstić information content (AvgIpc) is 3.18. The van der Waals surface area contributed by atoms with Crippen LogP contribution in [-0.2, 0) is 16.1 Å². The fraction of sp³-hybridized carbons (Fsp3) is 0.172. The van der Waals surface area contributed by atoms with Crippen molar-refractivity contribution in [3.8, 4) is 11.5 Å². The van der Waals surface area contributed by atoms with Crippen LogP contribution in [0.15, 0.2) is 83.6 Å². The first kappa shape index (κ1) is 23.7. The molecule has 6 nitrogen and oxygen atoms in total. The van der Waals surface area contributed by atoms with Crippen LogP contribution in [0.4, 0.5) is 0 Å². The van der Waals surface area contributed by atoms with Crippen LogP contribution in [0.5, 0.6) is 11.5 Å². The Hall–Kier alpha value is -4.03. The van der Waals surface area contributed by atoms with Gasteiger partial charge in [-0.3, -0.25) is 4.79 Å². The van der Waals surface area contributed by atoms with Crippen LogP contribution in [0.2, 0.25) is 5.02 Å². The van der Waals surface area contributed by atoms with Gasteiger partial charge in [-0.15, -0.1) is 0 Å². The minimum atomic E-state index is -0.632. The van der Waals surface area contributed by atoms with E-state index in [-0.39, 0.29) is 5.78 Å². The Morgan fingerprint density at radius 1 is 0.972 bits per heavy atom. The monoisotopic (exact) mass is 501 g/mol. The zero-order valence-electron chi connectivity index (χ0n) is 20.1. The van der Waals surface area contributed by atoms with Gasteiger partial charge in [0, 0.05) is 33.3 Å². The fourth-order valence-electron chi connectivity index (χ4n) is 4.77. The van der Waals surface area contributed by atoms with Gasteiger partial charge in [0.05, 0.1) is 25.5 Å². The second-order valence-electron chi connectivity index (χ2n) is 8.58. The first-order valence-corrected chi connectivity index (χ1v) is 11.8. The highest BCUT2D eigenvalue weighted by molar-refractivity contribution is 6.30. The average molecular weight is 502 g/mol. The highest BCUT2D eigenvalue weighted by Gasteiger charge is 2.43. The molecule has 0 amide bonds. The van der Waals surface area contributed by atoms with E-state index < -0.39 is 11.9 Å². The predicted octanol–water partition coefficient (Wildman–Crippen LogP) is 5.67. The minimum absolute atomic E-state index is 0.117. The van der Waals surface area contributed by atoms with E-state index in [0.717, 1.165) is 16.7 Å². The number of dihydropyridines is 1. The van der Waals surface area contributed by atoms with Crippen molar-refractivity contribution in [3.63, 3.8) is 0 Å². The molecule has 36 heavy (non-hydrogen) atoms. The number of fused-ring (bicyclic) bond motifs is 2. The topological polar surface area (TPSA) is 73.9 Å². The fourth-order valence-corrected chi connectivity index (χ4v) is 4.89. The molecule has 0 saturated heterocycles. The summed E-state index contributed by atoms with van der Waals surface area (Å²) in [6, 6.07) is 20.3. The van der Waals surface area contributed by atoms with Gasteiger partial charge in [0.25, 0.3) is 0 Å². The van der Waals surface area contributed by atoms with Crippen LogP contribution < -0.4 is 14.8 Å². The number of esters is 1. The number of Topliss-reactive ketones (excluding diaryl/α,β-unsaturated/α-hetero) is 1. The van der Waals surface area contributed by atoms with Crippen molar-refractivity contribution in [3.05, 3.63) is 111 Å². The molecule has 5 rings (SSSR count). The Morgan fingerprint density at radius 2 is 1.69 bits per heavy atom. The molecule has 182 valence electrons. The minimum Gasteiger partial charge on any atom is -0.493 e. The molecule has 0 radical (unpaired) electrons. The van der Waals surface area contributed by atoms with Crippen LogP contribution in [0.25, 0.3) is 5.70 Å². The van der Waals surface area contributed by atoms with Crippen molar-refractivity contribution in [1.82, 2.24) is 5.32 Å². The molecule has 3 aromatic carbocycles. The van der Waals surface area contributed by atoms with E-state index in [1.54, 1.807) is 19.2 Å². The molecule has 1 N–H and O–H groups in total. The second-order valence-corrected chi connectivity index (χ2v) is 9.01. The van der Waals surface area contributed by atoms with Gasteiger partial charge in [-0.1, -0.05) is 54.1 Å². The number of halogens is 1. The first-order valence-electron chi connectivity index (χ1n) is 11.4. The van der Waals surface area contributed by atoms with Crippen molar-refractivity contribution < 1.29 is 23.8 Å². The van der Waals surface area contributed by atoms with Crippen molar-refractivity contribution in [1.29, 1.82) is 0 Å². The number of ketones is 1. The summed E-state index contributed by atoms with van der Waals surface area (Å²) in [5.41, 5.74) is 5.35. The van der Waals surface area contributed by atoms with Gasteiger partial charge in [-0.2, -0.15) is 0 Å². The van der Waals surface area contributed by atoms with Gasteiger partial charge in [-0.05, 0) is 42.3 Å². The molecule has 1 aliphatic carbocycles. The van der Waals surface area contributed by atoms with Crippen molar-refractivity contribution in [2.24, 2.45) is 0 Å². The third kappa shape index (κ3) is 4.03. The number of hydrogen-bond acceptors (Lipinski definition) is 6. The van der Waals surface area contributed by atoms with E-state index >= 15 is 0 Å². The Bertz CT molecular complexity index is 1440. The van der Waals surface area contributed by atoms with Crippen molar-refractivity contribution >= 4 is 29.1 Å². The molecular formula is C29H24ClNO5. The highest BCUT2D eigenvalue weighted by Crippen LogP contribution is 2.47. The summed E-state index contributed by atoms with van der Waals surface area (Å²) in [5.74, 6) is -0.211. The molecule has 0 spiro atoms. The zero-order chi connectivity index (χ0) is 25.4. The molecule has 0 unspecified atom stereocenters. The zero-order valence-corrected chi connectivity index (χ0v) is 20.8. The van der Waals surface area contributed by atoms with E-state index in [4.69, 9.17) is 25.8 Å². The number of methoxy groups -OCH3 is 2. The highest BCUT2D eigenvalue weighted by atomic mass is 35.5. The Labute approximate surface area is 214 Å². The van der Waals surface area contributed by atoms with Gasteiger partial charge in [-0.25, -0.2) is 4.79 Å². The lowest BCUT2D eigenvalue weighted by molar-refractivity contribution is -0.136. The molecule has 0 aromatic heterocycles. The lowest BCUT2D eigenvalue weighted by Gasteiger charge is -2.29. The van der Waals surface area contributed by atoms with Crippen LogP contribution in [-0.4, -0.2) is 26.0 Å². The van der Waals surface area contributed by atoms with Gasteiger partial charge in [0.1, 0.15) is 6.61 Å². The molecule has 1 aliphatic heterocycles.